The van der Waals surface area contributed by atoms with Crippen molar-refractivity contribution in [2.45, 2.75) is 13.5 Å². The highest BCUT2D eigenvalue weighted by atomic mass is 15.3. The van der Waals surface area contributed by atoms with Crippen LogP contribution >= 0.6 is 0 Å². The average molecular weight is 235 g/mol. The van der Waals surface area contributed by atoms with Gasteiger partial charge >= 0.3 is 0 Å². The van der Waals surface area contributed by atoms with Gasteiger partial charge in [0.2, 0.25) is 0 Å². The summed E-state index contributed by atoms with van der Waals surface area (Å²) in [4.78, 5) is 0. The Morgan fingerprint density at radius 1 is 1.22 bits per heavy atom. The zero-order valence-corrected chi connectivity index (χ0v) is 10.1. The van der Waals surface area contributed by atoms with Crippen molar-refractivity contribution in [1.82, 2.24) is 9.78 Å². The molecule has 3 heteroatoms. The molecule has 1 N–H and O–H groups in total. The van der Waals surface area contributed by atoms with E-state index in [2.05, 4.69) is 29.4 Å². The topological polar surface area (TPSA) is 44.5 Å². The highest BCUT2D eigenvalue weighted by molar-refractivity contribution is 5.71. The molecule has 1 aliphatic carbocycles. The third kappa shape index (κ3) is 1.68. The molecule has 3 rings (SSSR count). The molecule has 0 aromatic heterocycles. The summed E-state index contributed by atoms with van der Waals surface area (Å²) in [7, 11) is 0. The van der Waals surface area contributed by atoms with Gasteiger partial charge in [-0.3, -0.25) is 9.78 Å². The van der Waals surface area contributed by atoms with Crippen molar-refractivity contribution >= 4 is 0 Å². The number of nitrogens with one attached hydrogen (secondary N) is 1. The van der Waals surface area contributed by atoms with Crippen LogP contribution < -0.4 is 0 Å². The normalized spacial score (nSPS) is 10.7. The zero-order valence-electron chi connectivity index (χ0n) is 10.1. The molecule has 0 saturated heterocycles. The molecule has 18 heavy (non-hydrogen) atoms. The fourth-order valence-electron chi connectivity index (χ4n) is 2.29. The van der Waals surface area contributed by atoms with E-state index in [1.54, 1.807) is 0 Å². The van der Waals surface area contributed by atoms with Gasteiger partial charge in [-0.2, -0.15) is 5.26 Å². The lowest BCUT2D eigenvalue weighted by Gasteiger charge is -2.05. The van der Waals surface area contributed by atoms with Crippen molar-refractivity contribution in [3.63, 3.8) is 0 Å². The predicted molar refractivity (Wildman–Crippen MR) is 70.4 cm³/mol. The molecular formula is C15H13N3. The first-order chi connectivity index (χ1) is 8.78. The molecule has 0 spiro atoms. The Hall–Kier alpha value is -2.47. The summed E-state index contributed by atoms with van der Waals surface area (Å²) in [6.45, 7) is 2.80. The van der Waals surface area contributed by atoms with Crippen molar-refractivity contribution in [3.8, 4) is 17.3 Å². The van der Waals surface area contributed by atoms with E-state index in [0.29, 0.717) is 5.69 Å². The van der Waals surface area contributed by atoms with Crippen molar-refractivity contribution in [3.05, 3.63) is 59.3 Å². The van der Waals surface area contributed by atoms with Crippen LogP contribution in [-0.2, 0) is 6.54 Å². The molecule has 0 fully saturated rings. The standard InChI is InChI=1S/C15H13N3/c1-11-7-13-14(9-16)17-18(15(13)8-11)10-12-5-3-2-4-6-12/h2-8,17H,10H2,1H3. The fraction of sp³-hybridized carbons (Fsp3) is 0.133. The van der Waals surface area contributed by atoms with E-state index >= 15 is 0 Å². The van der Waals surface area contributed by atoms with Crippen LogP contribution in [0, 0.1) is 18.3 Å². The number of nitriles is 1. The minimum Gasteiger partial charge on any atom is -0.287 e. The molecule has 0 saturated carbocycles. The Morgan fingerprint density at radius 3 is 2.72 bits per heavy atom. The molecule has 3 nitrogen and oxygen atoms in total. The van der Waals surface area contributed by atoms with Gasteiger partial charge < -0.3 is 0 Å². The summed E-state index contributed by atoms with van der Waals surface area (Å²) in [5.74, 6) is 0. The first kappa shape index (κ1) is 10.7. The van der Waals surface area contributed by atoms with E-state index in [4.69, 9.17) is 5.26 Å². The van der Waals surface area contributed by atoms with Gasteiger partial charge in [0.05, 0.1) is 12.2 Å². The molecular weight excluding hydrogens is 222 g/mol. The summed E-state index contributed by atoms with van der Waals surface area (Å²) in [6, 6.07) is 16.6. The Balaban J connectivity index is 2.05. The van der Waals surface area contributed by atoms with Crippen LogP contribution in [0.2, 0.25) is 0 Å². The van der Waals surface area contributed by atoms with Crippen LogP contribution in [0.4, 0.5) is 0 Å². The van der Waals surface area contributed by atoms with Gasteiger partial charge in [0.1, 0.15) is 11.8 Å². The summed E-state index contributed by atoms with van der Waals surface area (Å²) in [6.07, 6.45) is 0. The lowest BCUT2D eigenvalue weighted by Crippen LogP contribution is -2.02. The van der Waals surface area contributed by atoms with Gasteiger partial charge in [-0.1, -0.05) is 30.3 Å². The number of H-pyrrole nitrogens is 1. The fourth-order valence-corrected chi connectivity index (χ4v) is 2.29. The van der Waals surface area contributed by atoms with Gasteiger partial charge in [0.15, 0.2) is 0 Å². The van der Waals surface area contributed by atoms with Crippen molar-refractivity contribution < 1.29 is 0 Å². The third-order valence-corrected chi connectivity index (χ3v) is 3.11. The molecule has 1 heterocycles. The SMILES string of the molecule is Cc1cc2c(C#N)[nH]n(Cc3ccccc3)c-2c1. The molecule has 0 radical (unpaired) electrons. The molecule has 0 atom stereocenters. The molecule has 1 aromatic carbocycles. The lowest BCUT2D eigenvalue weighted by molar-refractivity contribution is 0.693. The third-order valence-electron chi connectivity index (χ3n) is 3.11. The number of aromatic nitrogens is 2. The maximum atomic E-state index is 9.13. The van der Waals surface area contributed by atoms with E-state index in [0.717, 1.165) is 17.8 Å². The van der Waals surface area contributed by atoms with E-state index in [9.17, 15) is 0 Å². The molecule has 0 bridgehead atoms. The second-order valence-corrected chi connectivity index (χ2v) is 4.50. The van der Waals surface area contributed by atoms with Crippen LogP contribution in [0.15, 0.2) is 42.5 Å². The number of hydrogen-bond acceptors (Lipinski definition) is 1. The van der Waals surface area contributed by atoms with Gasteiger partial charge in [0, 0.05) is 5.56 Å². The molecule has 1 aromatic rings. The average Bonchev–Trinajstić information content (AvgIpc) is 2.90. The van der Waals surface area contributed by atoms with Crippen molar-refractivity contribution in [2.24, 2.45) is 0 Å². The van der Waals surface area contributed by atoms with Crippen LogP contribution in [-0.4, -0.2) is 9.78 Å². The van der Waals surface area contributed by atoms with Gasteiger partial charge in [-0.05, 0) is 30.2 Å². The van der Waals surface area contributed by atoms with Crippen molar-refractivity contribution in [2.75, 3.05) is 0 Å². The second-order valence-electron chi connectivity index (χ2n) is 4.50. The van der Waals surface area contributed by atoms with E-state index in [1.165, 1.54) is 11.1 Å². The summed E-state index contributed by atoms with van der Waals surface area (Å²) < 4.78 is 2.02. The summed E-state index contributed by atoms with van der Waals surface area (Å²) in [5.41, 5.74) is 5.13. The highest BCUT2D eigenvalue weighted by Crippen LogP contribution is 2.29. The number of rotatable bonds is 2. The number of aromatic amines is 1. The number of benzene rings is 1. The summed E-state index contributed by atoms with van der Waals surface area (Å²) in [5, 5.41) is 12.3. The van der Waals surface area contributed by atoms with Gasteiger partial charge in [-0.25, -0.2) is 0 Å². The van der Waals surface area contributed by atoms with Gasteiger partial charge in [0.25, 0.3) is 0 Å². The molecule has 2 aliphatic rings. The molecule has 88 valence electrons. The van der Waals surface area contributed by atoms with E-state index in [-0.39, 0.29) is 0 Å². The number of nitrogens with zero attached hydrogens (tertiary/aromatic N) is 2. The Bertz CT molecular complexity index is 683. The first-order valence-corrected chi connectivity index (χ1v) is 5.91. The maximum absolute atomic E-state index is 9.13. The Labute approximate surface area is 106 Å². The van der Waals surface area contributed by atoms with Crippen LogP contribution in [0.3, 0.4) is 0 Å². The smallest absolute Gasteiger partial charge is 0.141 e. The second kappa shape index (κ2) is 4.08. The number of aryl methyl sites for hydroxylation is 1. The zero-order chi connectivity index (χ0) is 12.5. The van der Waals surface area contributed by atoms with Crippen LogP contribution in [0.1, 0.15) is 16.8 Å². The van der Waals surface area contributed by atoms with Crippen molar-refractivity contribution in [1.29, 1.82) is 5.26 Å². The van der Waals surface area contributed by atoms with Crippen LogP contribution in [0.25, 0.3) is 11.3 Å². The lowest BCUT2D eigenvalue weighted by atomic mass is 10.2. The number of fused-ring (bicyclic) bond motifs is 1. The Kier molecular flexibility index (Phi) is 2.42. The summed E-state index contributed by atoms with van der Waals surface area (Å²) >= 11 is 0. The van der Waals surface area contributed by atoms with Gasteiger partial charge in [-0.15, -0.1) is 0 Å². The molecule has 1 aliphatic heterocycles. The quantitative estimate of drug-likeness (QED) is 0.728. The number of hydrogen-bond donors (Lipinski definition) is 1. The molecule has 0 unspecified atom stereocenters. The highest BCUT2D eigenvalue weighted by Gasteiger charge is 2.16. The predicted octanol–water partition coefficient (Wildman–Crippen LogP) is 3.15. The maximum Gasteiger partial charge on any atom is 0.141 e. The van der Waals surface area contributed by atoms with E-state index in [1.807, 2.05) is 35.9 Å². The van der Waals surface area contributed by atoms with Crippen LogP contribution in [0.5, 0.6) is 0 Å². The molecule has 0 amide bonds. The minimum absolute atomic E-state index is 0.633. The largest absolute Gasteiger partial charge is 0.287 e. The Morgan fingerprint density at radius 2 is 2.00 bits per heavy atom. The van der Waals surface area contributed by atoms with E-state index < -0.39 is 0 Å². The monoisotopic (exact) mass is 235 g/mol. The minimum atomic E-state index is 0.633. The first-order valence-electron chi connectivity index (χ1n) is 5.91.